The van der Waals surface area contributed by atoms with Crippen LogP contribution in [0.5, 0.6) is 0 Å². The lowest BCUT2D eigenvalue weighted by Gasteiger charge is -2.37. The number of piperidine rings is 1. The van der Waals surface area contributed by atoms with Crippen LogP contribution in [-0.2, 0) is 23.1 Å². The van der Waals surface area contributed by atoms with Crippen molar-refractivity contribution in [1.29, 1.82) is 0 Å². The van der Waals surface area contributed by atoms with Crippen LogP contribution in [0.15, 0.2) is 35.4 Å². The number of rotatable bonds is 10. The Morgan fingerprint density at radius 3 is 2.83 bits per heavy atom. The zero-order valence-electron chi connectivity index (χ0n) is 16.5. The molecule has 2 saturated heterocycles. The number of carbonyl (C=O) groups excluding carboxylic acids is 1. The van der Waals surface area contributed by atoms with E-state index in [1.165, 1.54) is 7.11 Å². The average Bonchev–Trinajstić information content (AvgIpc) is 3.12. The highest BCUT2D eigenvalue weighted by Gasteiger charge is 2.49. The molecule has 158 valence electrons. The Morgan fingerprint density at radius 2 is 2.10 bits per heavy atom. The first-order chi connectivity index (χ1) is 14.1. The van der Waals surface area contributed by atoms with Crippen LogP contribution in [0, 0.1) is 5.92 Å². The summed E-state index contributed by atoms with van der Waals surface area (Å²) in [6, 6.07) is 8.97. The Kier molecular flexibility index (Phi) is 7.70. The van der Waals surface area contributed by atoms with E-state index in [2.05, 4.69) is 15.3 Å². The molecule has 5 atom stereocenters. The fourth-order valence-corrected chi connectivity index (χ4v) is 5.56. The minimum absolute atomic E-state index is 0.0597. The van der Waals surface area contributed by atoms with Gasteiger partial charge in [-0.05, 0) is 49.8 Å². The molecule has 0 radical (unpaired) electrons. The summed E-state index contributed by atoms with van der Waals surface area (Å²) in [4.78, 5) is 15.5. The topological polar surface area (TPSA) is 123 Å². The molecule has 0 spiro atoms. The van der Waals surface area contributed by atoms with Gasteiger partial charge >= 0.3 is 13.6 Å². The molecule has 9 nitrogen and oxygen atoms in total. The van der Waals surface area contributed by atoms with Crippen LogP contribution in [-0.4, -0.2) is 44.4 Å². The van der Waals surface area contributed by atoms with E-state index in [1.54, 1.807) is 24.3 Å². The fraction of sp³-hybridized carbons (Fsp3) is 0.632. The van der Waals surface area contributed by atoms with Gasteiger partial charge in [-0.2, -0.15) is 0 Å². The predicted molar refractivity (Wildman–Crippen MR) is 108 cm³/mol. The van der Waals surface area contributed by atoms with Crippen molar-refractivity contribution in [3.05, 3.63) is 40.8 Å². The lowest BCUT2D eigenvalue weighted by Crippen LogP contribution is -2.52. The Hall–Kier alpha value is -1.89. The van der Waals surface area contributed by atoms with E-state index < -0.39 is 19.6 Å². The third-order valence-corrected chi connectivity index (χ3v) is 7.41. The van der Waals surface area contributed by atoms with Crippen LogP contribution in [0.3, 0.4) is 0 Å². The van der Waals surface area contributed by atoms with E-state index >= 15 is 0 Å². The molecule has 10 heteroatoms. The lowest BCUT2D eigenvalue weighted by molar-refractivity contribution is -0.154. The molecule has 29 heavy (non-hydrogen) atoms. The standard InChI is InChI=1S/C19H27N4O5P/c1-26-29(25,15-7-3-2-4-8-15)28-17-13-14-9-10-16(22-14)18(17)19(24)27-12-6-5-11-21-23-20/h2-4,7-8,14,16-18,22H,5-6,9-13H2,1H3/t14?,16?,17-,18+,29-/m0/s1. The highest BCUT2D eigenvalue weighted by atomic mass is 31.2. The second-order valence-corrected chi connectivity index (χ2v) is 9.38. The number of nitrogens with one attached hydrogen (secondary N) is 1. The maximum absolute atomic E-state index is 13.4. The molecule has 2 aliphatic rings. The molecule has 0 aromatic heterocycles. The van der Waals surface area contributed by atoms with Crippen molar-refractivity contribution in [2.24, 2.45) is 11.0 Å². The van der Waals surface area contributed by atoms with Crippen molar-refractivity contribution >= 4 is 18.9 Å². The number of unbranched alkanes of at least 4 members (excludes halogenated alkanes) is 1. The van der Waals surface area contributed by atoms with Gasteiger partial charge in [0.15, 0.2) is 0 Å². The number of carbonyl (C=O) groups is 1. The highest BCUT2D eigenvalue weighted by molar-refractivity contribution is 7.62. The largest absolute Gasteiger partial charge is 0.465 e. The van der Waals surface area contributed by atoms with Gasteiger partial charge in [0.05, 0.1) is 23.9 Å². The first kappa shape index (κ1) is 21.8. The van der Waals surface area contributed by atoms with Crippen molar-refractivity contribution in [2.45, 2.75) is 50.3 Å². The third-order valence-electron chi connectivity index (χ3n) is 5.45. The monoisotopic (exact) mass is 422 g/mol. The van der Waals surface area contributed by atoms with Gasteiger partial charge in [0.2, 0.25) is 0 Å². The van der Waals surface area contributed by atoms with E-state index in [1.807, 2.05) is 6.07 Å². The molecule has 0 amide bonds. The second kappa shape index (κ2) is 10.2. The summed E-state index contributed by atoms with van der Waals surface area (Å²) in [6.45, 7) is 0.628. The molecule has 2 bridgehead atoms. The van der Waals surface area contributed by atoms with Crippen LogP contribution < -0.4 is 10.6 Å². The maximum atomic E-state index is 13.4. The molecule has 3 rings (SSSR count). The zero-order valence-corrected chi connectivity index (χ0v) is 17.4. The molecular weight excluding hydrogens is 395 g/mol. The van der Waals surface area contributed by atoms with Gasteiger partial charge in [0.25, 0.3) is 0 Å². The van der Waals surface area contributed by atoms with Crippen molar-refractivity contribution in [1.82, 2.24) is 5.32 Å². The number of nitrogens with zero attached hydrogens (tertiary/aromatic N) is 3. The molecule has 2 aliphatic heterocycles. The first-order valence-electron chi connectivity index (χ1n) is 9.90. The zero-order chi connectivity index (χ0) is 20.7. The van der Waals surface area contributed by atoms with E-state index in [0.717, 1.165) is 12.8 Å². The predicted octanol–water partition coefficient (Wildman–Crippen LogP) is 3.31. The molecule has 1 aromatic rings. The van der Waals surface area contributed by atoms with Crippen molar-refractivity contribution < 1.29 is 23.1 Å². The van der Waals surface area contributed by atoms with Gasteiger partial charge in [0.1, 0.15) is 0 Å². The van der Waals surface area contributed by atoms with Gasteiger partial charge in [0, 0.05) is 30.6 Å². The smallest absolute Gasteiger partial charge is 0.361 e. The van der Waals surface area contributed by atoms with E-state index in [9.17, 15) is 9.36 Å². The third kappa shape index (κ3) is 5.38. The van der Waals surface area contributed by atoms with Crippen molar-refractivity contribution in [2.75, 3.05) is 20.3 Å². The summed E-state index contributed by atoms with van der Waals surface area (Å²) in [6.07, 6.45) is 3.10. The van der Waals surface area contributed by atoms with Gasteiger partial charge in [-0.15, -0.1) is 0 Å². The quantitative estimate of drug-likeness (QED) is 0.154. The molecule has 2 unspecified atom stereocenters. The normalized spacial score (nSPS) is 27.6. The lowest BCUT2D eigenvalue weighted by atomic mass is 9.89. The number of hydrogen-bond donors (Lipinski definition) is 1. The van der Waals surface area contributed by atoms with Crippen LogP contribution in [0.4, 0.5) is 0 Å². The number of fused-ring (bicyclic) bond motifs is 2. The van der Waals surface area contributed by atoms with Crippen LogP contribution in [0.25, 0.3) is 10.4 Å². The molecule has 0 aliphatic carbocycles. The number of benzene rings is 1. The second-order valence-electron chi connectivity index (χ2n) is 7.30. The molecule has 2 heterocycles. The number of esters is 1. The van der Waals surface area contributed by atoms with Crippen molar-refractivity contribution in [3.8, 4) is 0 Å². The van der Waals surface area contributed by atoms with Gasteiger partial charge < -0.3 is 19.1 Å². The molecule has 1 N–H and O–H groups in total. The Labute approximate surface area is 170 Å². The average molecular weight is 422 g/mol. The van der Waals surface area contributed by atoms with Gasteiger partial charge in [-0.3, -0.25) is 9.36 Å². The Bertz CT molecular complexity index is 786. The van der Waals surface area contributed by atoms with Crippen LogP contribution in [0.2, 0.25) is 0 Å². The molecule has 0 saturated carbocycles. The summed E-state index contributed by atoms with van der Waals surface area (Å²) in [5.74, 6) is -0.898. The van der Waals surface area contributed by atoms with E-state index in [0.29, 0.717) is 31.1 Å². The summed E-state index contributed by atoms with van der Waals surface area (Å²) >= 11 is 0. The van der Waals surface area contributed by atoms with Crippen LogP contribution >= 0.6 is 7.60 Å². The number of azide groups is 1. The fourth-order valence-electron chi connectivity index (χ4n) is 4.03. The van der Waals surface area contributed by atoms with E-state index in [-0.39, 0.29) is 24.7 Å². The minimum Gasteiger partial charge on any atom is -0.465 e. The van der Waals surface area contributed by atoms with Crippen molar-refractivity contribution in [3.63, 3.8) is 0 Å². The summed E-state index contributed by atoms with van der Waals surface area (Å²) < 4.78 is 30.2. The summed E-state index contributed by atoms with van der Waals surface area (Å²) in [7, 11) is -2.19. The summed E-state index contributed by atoms with van der Waals surface area (Å²) in [5.41, 5.74) is 8.29. The Balaban J connectivity index is 1.68. The highest BCUT2D eigenvalue weighted by Crippen LogP contribution is 2.50. The van der Waals surface area contributed by atoms with E-state index in [4.69, 9.17) is 19.3 Å². The number of ether oxygens (including phenoxy) is 1. The van der Waals surface area contributed by atoms with Gasteiger partial charge in [-0.1, -0.05) is 23.3 Å². The maximum Gasteiger partial charge on any atom is 0.361 e. The van der Waals surface area contributed by atoms with Gasteiger partial charge in [-0.25, -0.2) is 0 Å². The number of hydrogen-bond acceptors (Lipinski definition) is 7. The Morgan fingerprint density at radius 1 is 1.31 bits per heavy atom. The molecular formula is C19H27N4O5P. The summed E-state index contributed by atoms with van der Waals surface area (Å²) in [5, 5.41) is 7.38. The SMILES string of the molecule is CO[P@](=O)(O[C@H]1CC2CCC(N2)[C@H]1C(=O)OCCCCN=[N+]=[N-])c1ccccc1. The minimum atomic E-state index is -3.55. The molecule has 2 fully saturated rings. The first-order valence-corrected chi connectivity index (χ1v) is 11.4. The molecule has 1 aromatic carbocycles. The van der Waals surface area contributed by atoms with Crippen LogP contribution in [0.1, 0.15) is 32.1 Å².